The van der Waals surface area contributed by atoms with Crippen LogP contribution in [0.25, 0.3) is 0 Å². The van der Waals surface area contributed by atoms with Crippen LogP contribution in [0.2, 0.25) is 0 Å². The quantitative estimate of drug-likeness (QED) is 0.854. The van der Waals surface area contributed by atoms with Crippen molar-refractivity contribution in [1.82, 2.24) is 9.80 Å². The Bertz CT molecular complexity index is 565. The molecular formula is C20H32N2O3. The van der Waals surface area contributed by atoms with Crippen LogP contribution in [-0.4, -0.2) is 55.3 Å². The van der Waals surface area contributed by atoms with Crippen LogP contribution in [0.3, 0.4) is 0 Å². The fraction of sp³-hybridized carbons (Fsp3) is 0.700. The zero-order valence-electron chi connectivity index (χ0n) is 15.7. The van der Waals surface area contributed by atoms with Gasteiger partial charge in [0.2, 0.25) is 0 Å². The number of methoxy groups -OCH3 is 2. The number of hydrogen-bond donors (Lipinski definition) is 1. The molecule has 2 saturated heterocycles. The lowest BCUT2D eigenvalue weighted by Crippen LogP contribution is -2.30. The van der Waals surface area contributed by atoms with Gasteiger partial charge in [0, 0.05) is 18.7 Å². The monoisotopic (exact) mass is 348 g/mol. The molecule has 5 nitrogen and oxygen atoms in total. The highest BCUT2D eigenvalue weighted by molar-refractivity contribution is 5.57. The Hall–Kier alpha value is -1.46. The number of ether oxygens (including phenoxy) is 2. The summed E-state index contributed by atoms with van der Waals surface area (Å²) < 4.78 is 11.2. The average molecular weight is 348 g/mol. The smallest absolute Gasteiger partial charge is 0.168 e. The van der Waals surface area contributed by atoms with Crippen LogP contribution in [0.5, 0.6) is 17.2 Å². The highest BCUT2D eigenvalue weighted by Crippen LogP contribution is 2.41. The summed E-state index contributed by atoms with van der Waals surface area (Å²) in [5.41, 5.74) is 1.82. The molecular weight excluding hydrogens is 316 g/mol. The first-order chi connectivity index (χ1) is 12.2. The number of nitrogens with zero attached hydrogens (tertiary/aromatic N) is 2. The lowest BCUT2D eigenvalue weighted by atomic mass is 10.0. The van der Waals surface area contributed by atoms with E-state index >= 15 is 0 Å². The van der Waals surface area contributed by atoms with Gasteiger partial charge in [-0.05, 0) is 57.9 Å². The molecule has 0 saturated carbocycles. The van der Waals surface area contributed by atoms with Crippen molar-refractivity contribution in [1.29, 1.82) is 0 Å². The van der Waals surface area contributed by atoms with Gasteiger partial charge in [-0.1, -0.05) is 12.8 Å². The molecule has 0 bridgehead atoms. The van der Waals surface area contributed by atoms with E-state index in [1.54, 1.807) is 14.2 Å². The van der Waals surface area contributed by atoms with E-state index in [0.29, 0.717) is 11.5 Å². The van der Waals surface area contributed by atoms with Crippen LogP contribution in [0.4, 0.5) is 0 Å². The second kappa shape index (κ2) is 8.77. The summed E-state index contributed by atoms with van der Waals surface area (Å²) in [5.74, 6) is 1.78. The molecule has 1 aromatic rings. The normalized spacial score (nSPS) is 19.8. The standard InChI is InChI=1S/C20H32N2O3/c1-24-18-13-16(14-21-9-5-3-6-10-21)19(23)17(20(18)25-2)15-22-11-7-4-8-12-22/h13,23H,3-12,14-15H2,1-2H3. The van der Waals surface area contributed by atoms with Gasteiger partial charge in [0.05, 0.1) is 19.8 Å². The van der Waals surface area contributed by atoms with Crippen molar-refractivity contribution < 1.29 is 14.6 Å². The summed E-state index contributed by atoms with van der Waals surface area (Å²) in [5, 5.41) is 11.0. The molecule has 140 valence electrons. The van der Waals surface area contributed by atoms with E-state index in [-0.39, 0.29) is 0 Å². The zero-order chi connectivity index (χ0) is 17.6. The highest BCUT2D eigenvalue weighted by atomic mass is 16.5. The minimum Gasteiger partial charge on any atom is -0.507 e. The second-order valence-electron chi connectivity index (χ2n) is 7.27. The van der Waals surface area contributed by atoms with E-state index in [9.17, 15) is 5.11 Å². The summed E-state index contributed by atoms with van der Waals surface area (Å²) in [6, 6.07) is 1.95. The van der Waals surface area contributed by atoms with Crippen LogP contribution in [0.15, 0.2) is 6.07 Å². The van der Waals surface area contributed by atoms with Gasteiger partial charge in [-0.15, -0.1) is 0 Å². The molecule has 5 heteroatoms. The maximum atomic E-state index is 11.0. The SMILES string of the molecule is COc1cc(CN2CCCCC2)c(O)c(CN2CCCCC2)c1OC. The molecule has 0 amide bonds. The van der Waals surface area contributed by atoms with Gasteiger partial charge >= 0.3 is 0 Å². The second-order valence-corrected chi connectivity index (χ2v) is 7.27. The molecule has 0 radical (unpaired) electrons. The molecule has 2 aliphatic heterocycles. The Labute approximate surface area is 151 Å². The Morgan fingerprint density at radius 2 is 1.40 bits per heavy atom. The number of rotatable bonds is 6. The summed E-state index contributed by atoms with van der Waals surface area (Å²) in [4.78, 5) is 4.83. The van der Waals surface area contributed by atoms with E-state index < -0.39 is 0 Å². The maximum absolute atomic E-state index is 11.0. The Kier molecular flexibility index (Phi) is 6.43. The molecule has 0 atom stereocenters. The number of benzene rings is 1. The number of phenolic OH excluding ortho intramolecular Hbond substituents is 1. The predicted molar refractivity (Wildman–Crippen MR) is 99.5 cm³/mol. The predicted octanol–water partition coefficient (Wildman–Crippen LogP) is 3.38. The molecule has 1 N–H and O–H groups in total. The summed E-state index contributed by atoms with van der Waals surface area (Å²) >= 11 is 0. The third-order valence-electron chi connectivity index (χ3n) is 5.49. The van der Waals surface area contributed by atoms with Crippen LogP contribution >= 0.6 is 0 Å². The van der Waals surface area contributed by atoms with E-state index in [1.807, 2.05) is 6.07 Å². The average Bonchev–Trinajstić information content (AvgIpc) is 2.66. The fourth-order valence-electron chi connectivity index (χ4n) is 4.08. The number of piperidine rings is 2. The molecule has 0 unspecified atom stereocenters. The van der Waals surface area contributed by atoms with Gasteiger partial charge in [-0.2, -0.15) is 0 Å². The van der Waals surface area contributed by atoms with Crippen molar-refractivity contribution in [3.63, 3.8) is 0 Å². The van der Waals surface area contributed by atoms with Gasteiger partial charge in [0.25, 0.3) is 0 Å². The number of phenols is 1. The van der Waals surface area contributed by atoms with Gasteiger partial charge in [-0.3, -0.25) is 9.80 Å². The lowest BCUT2D eigenvalue weighted by Gasteiger charge is -2.30. The molecule has 2 heterocycles. The maximum Gasteiger partial charge on any atom is 0.168 e. The molecule has 3 rings (SSSR count). The van der Waals surface area contributed by atoms with Gasteiger partial charge in [0.1, 0.15) is 5.75 Å². The minimum absolute atomic E-state index is 0.383. The molecule has 0 spiro atoms. The molecule has 0 aliphatic carbocycles. The van der Waals surface area contributed by atoms with Crippen molar-refractivity contribution >= 4 is 0 Å². The van der Waals surface area contributed by atoms with Crippen LogP contribution in [0, 0.1) is 0 Å². The number of likely N-dealkylation sites (tertiary alicyclic amines) is 2. The van der Waals surface area contributed by atoms with Crippen molar-refractivity contribution in [3.05, 3.63) is 17.2 Å². The molecule has 2 aliphatic rings. The highest BCUT2D eigenvalue weighted by Gasteiger charge is 2.23. The Morgan fingerprint density at radius 3 is 1.92 bits per heavy atom. The van der Waals surface area contributed by atoms with Crippen LogP contribution in [-0.2, 0) is 13.1 Å². The molecule has 1 aromatic carbocycles. The number of hydrogen-bond acceptors (Lipinski definition) is 5. The third kappa shape index (κ3) is 4.39. The molecule has 25 heavy (non-hydrogen) atoms. The van der Waals surface area contributed by atoms with Gasteiger partial charge in [-0.25, -0.2) is 0 Å². The Balaban J connectivity index is 1.88. The van der Waals surface area contributed by atoms with E-state index in [4.69, 9.17) is 9.47 Å². The topological polar surface area (TPSA) is 45.2 Å². The van der Waals surface area contributed by atoms with Gasteiger partial charge in [0.15, 0.2) is 11.5 Å². The van der Waals surface area contributed by atoms with E-state index in [1.165, 1.54) is 38.5 Å². The number of aromatic hydroxyl groups is 1. The van der Waals surface area contributed by atoms with Crippen molar-refractivity contribution in [3.8, 4) is 17.2 Å². The van der Waals surface area contributed by atoms with Crippen molar-refractivity contribution in [2.24, 2.45) is 0 Å². The third-order valence-corrected chi connectivity index (χ3v) is 5.49. The van der Waals surface area contributed by atoms with E-state index in [0.717, 1.165) is 56.1 Å². The minimum atomic E-state index is 0.383. The zero-order valence-corrected chi connectivity index (χ0v) is 15.7. The Morgan fingerprint density at radius 1 is 0.840 bits per heavy atom. The first-order valence-electron chi connectivity index (χ1n) is 9.63. The first-order valence-corrected chi connectivity index (χ1v) is 9.63. The van der Waals surface area contributed by atoms with Crippen molar-refractivity contribution in [2.75, 3.05) is 40.4 Å². The lowest BCUT2D eigenvalue weighted by molar-refractivity contribution is 0.209. The first kappa shape index (κ1) is 18.3. The summed E-state index contributed by atoms with van der Waals surface area (Å²) in [6.07, 6.45) is 7.57. The van der Waals surface area contributed by atoms with Crippen LogP contribution < -0.4 is 9.47 Å². The largest absolute Gasteiger partial charge is 0.507 e. The fourth-order valence-corrected chi connectivity index (χ4v) is 4.08. The summed E-state index contributed by atoms with van der Waals surface area (Å²) in [7, 11) is 3.32. The molecule has 2 fully saturated rings. The molecule has 0 aromatic heterocycles. The van der Waals surface area contributed by atoms with Gasteiger partial charge < -0.3 is 14.6 Å². The van der Waals surface area contributed by atoms with E-state index in [2.05, 4.69) is 9.80 Å². The van der Waals surface area contributed by atoms with Crippen LogP contribution in [0.1, 0.15) is 49.7 Å². The van der Waals surface area contributed by atoms with Crippen molar-refractivity contribution in [2.45, 2.75) is 51.6 Å². The summed E-state index contributed by atoms with van der Waals surface area (Å²) in [6.45, 7) is 5.88.